The summed E-state index contributed by atoms with van der Waals surface area (Å²) in [4.78, 5) is 7.10. The number of aromatic nitrogens is 1. The molecule has 0 aliphatic carbocycles. The summed E-state index contributed by atoms with van der Waals surface area (Å²) in [6.45, 7) is 16.4. The van der Waals surface area contributed by atoms with Gasteiger partial charge in [0.25, 0.3) is 0 Å². The van der Waals surface area contributed by atoms with Gasteiger partial charge in [0.05, 0.1) is 0 Å². The van der Waals surface area contributed by atoms with Crippen LogP contribution in [-0.4, -0.2) is 24.1 Å². The number of hydrogen-bond donors (Lipinski definition) is 1. The van der Waals surface area contributed by atoms with Crippen molar-refractivity contribution in [3.05, 3.63) is 22.3 Å². The molecular weight excluding hydrogens is 326 g/mol. The fraction of sp³-hybridized carbons (Fsp3) is 0.706. The van der Waals surface area contributed by atoms with E-state index in [0.717, 1.165) is 29.9 Å². The second-order valence-corrected chi connectivity index (χ2v) is 7.72. The zero-order valence-corrected chi connectivity index (χ0v) is 15.9. The van der Waals surface area contributed by atoms with Gasteiger partial charge in [0.15, 0.2) is 0 Å². The van der Waals surface area contributed by atoms with Crippen molar-refractivity contribution in [2.45, 2.75) is 54.1 Å². The van der Waals surface area contributed by atoms with Crippen LogP contribution in [0.5, 0.6) is 0 Å². The van der Waals surface area contributed by atoms with Crippen molar-refractivity contribution in [3.8, 4) is 0 Å². The maximum atomic E-state index is 4.69. The normalized spacial score (nSPS) is 11.7. The molecule has 1 aromatic rings. The van der Waals surface area contributed by atoms with E-state index in [1.54, 1.807) is 0 Å². The minimum Gasteiger partial charge on any atom is -0.354 e. The van der Waals surface area contributed by atoms with Gasteiger partial charge in [0.1, 0.15) is 5.82 Å². The molecule has 0 aliphatic rings. The summed E-state index contributed by atoms with van der Waals surface area (Å²) in [6.07, 6.45) is 1.90. The molecule has 0 bridgehead atoms. The third-order valence-corrected chi connectivity index (χ3v) is 3.67. The highest BCUT2D eigenvalue weighted by atomic mass is 79.9. The Labute approximate surface area is 138 Å². The van der Waals surface area contributed by atoms with E-state index >= 15 is 0 Å². The third-order valence-electron chi connectivity index (χ3n) is 3.23. The Hall–Kier alpha value is -0.610. The zero-order valence-electron chi connectivity index (χ0n) is 14.3. The predicted octanol–water partition coefficient (Wildman–Crippen LogP) is 4.46. The molecule has 21 heavy (non-hydrogen) atoms. The number of nitrogens with zero attached hydrogens (tertiary/aromatic N) is 2. The molecule has 0 saturated carbocycles. The summed E-state index contributed by atoms with van der Waals surface area (Å²) < 4.78 is 1.04. The lowest BCUT2D eigenvalue weighted by Crippen LogP contribution is -2.36. The number of nitrogens with one attached hydrogen (secondary N) is 1. The molecule has 0 amide bonds. The summed E-state index contributed by atoms with van der Waals surface area (Å²) in [5.41, 5.74) is 1.26. The summed E-state index contributed by atoms with van der Waals surface area (Å²) in [5, 5.41) is 3.53. The fourth-order valence-corrected chi connectivity index (χ4v) is 2.67. The first-order chi connectivity index (χ1) is 9.81. The maximum Gasteiger partial charge on any atom is 0.133 e. The molecule has 0 fully saturated rings. The second-order valence-electron chi connectivity index (χ2n) is 6.80. The van der Waals surface area contributed by atoms with Gasteiger partial charge in [0.2, 0.25) is 0 Å². The first kappa shape index (κ1) is 18.4. The second kappa shape index (κ2) is 8.74. The zero-order chi connectivity index (χ0) is 16.0. The van der Waals surface area contributed by atoms with Crippen molar-refractivity contribution < 1.29 is 0 Å². The van der Waals surface area contributed by atoms with E-state index in [0.29, 0.717) is 17.9 Å². The molecule has 0 spiro atoms. The largest absolute Gasteiger partial charge is 0.354 e. The van der Waals surface area contributed by atoms with Crippen LogP contribution in [0.15, 0.2) is 16.7 Å². The highest BCUT2D eigenvalue weighted by molar-refractivity contribution is 9.10. The Morgan fingerprint density at radius 3 is 2.33 bits per heavy atom. The van der Waals surface area contributed by atoms with Crippen LogP contribution >= 0.6 is 15.9 Å². The summed E-state index contributed by atoms with van der Waals surface area (Å²) in [5.74, 6) is 2.39. The molecule has 1 heterocycles. The number of hydrogen-bond acceptors (Lipinski definition) is 3. The first-order valence-corrected chi connectivity index (χ1v) is 8.72. The van der Waals surface area contributed by atoms with Crippen LogP contribution < -0.4 is 10.2 Å². The molecule has 4 heteroatoms. The van der Waals surface area contributed by atoms with Gasteiger partial charge < -0.3 is 10.2 Å². The molecule has 0 aromatic carbocycles. The van der Waals surface area contributed by atoms with Crippen molar-refractivity contribution in [3.63, 3.8) is 0 Å². The van der Waals surface area contributed by atoms with Gasteiger partial charge in [-0.1, -0.05) is 27.7 Å². The number of rotatable bonds is 8. The van der Waals surface area contributed by atoms with E-state index in [2.05, 4.69) is 78.7 Å². The minimum atomic E-state index is 0.449. The van der Waals surface area contributed by atoms with Crippen molar-refractivity contribution in [2.75, 3.05) is 18.0 Å². The van der Waals surface area contributed by atoms with E-state index in [1.165, 1.54) is 5.56 Å². The van der Waals surface area contributed by atoms with Gasteiger partial charge >= 0.3 is 0 Å². The topological polar surface area (TPSA) is 28.2 Å². The summed E-state index contributed by atoms with van der Waals surface area (Å²) >= 11 is 3.55. The van der Waals surface area contributed by atoms with Gasteiger partial charge in [-0.3, -0.25) is 0 Å². The molecule has 120 valence electrons. The molecule has 1 rings (SSSR count). The van der Waals surface area contributed by atoms with Crippen LogP contribution in [0.25, 0.3) is 0 Å². The number of anilines is 1. The Morgan fingerprint density at radius 2 is 1.81 bits per heavy atom. The van der Waals surface area contributed by atoms with Crippen LogP contribution in [0.3, 0.4) is 0 Å². The van der Waals surface area contributed by atoms with Gasteiger partial charge in [-0.05, 0) is 54.2 Å². The average Bonchev–Trinajstić information content (AvgIpc) is 2.35. The van der Waals surface area contributed by atoms with Gasteiger partial charge in [0, 0.05) is 35.4 Å². The Balaban J connectivity index is 2.97. The summed E-state index contributed by atoms with van der Waals surface area (Å²) in [6, 6.07) is 2.63. The fourth-order valence-electron chi connectivity index (χ4n) is 2.29. The monoisotopic (exact) mass is 355 g/mol. The molecule has 0 unspecified atom stereocenters. The highest BCUT2D eigenvalue weighted by Crippen LogP contribution is 2.24. The average molecular weight is 356 g/mol. The van der Waals surface area contributed by atoms with E-state index in [1.807, 2.05) is 6.20 Å². The van der Waals surface area contributed by atoms with E-state index in [9.17, 15) is 0 Å². The van der Waals surface area contributed by atoms with Crippen molar-refractivity contribution in [2.24, 2.45) is 11.8 Å². The first-order valence-electron chi connectivity index (χ1n) is 7.93. The van der Waals surface area contributed by atoms with Crippen LogP contribution in [0, 0.1) is 11.8 Å². The highest BCUT2D eigenvalue weighted by Gasteiger charge is 2.17. The maximum absolute atomic E-state index is 4.69. The van der Waals surface area contributed by atoms with Gasteiger partial charge in [-0.15, -0.1) is 0 Å². The molecular formula is C17H30BrN3. The number of pyridine rings is 1. The lowest BCUT2D eigenvalue weighted by molar-refractivity contribution is 0.543. The SMILES string of the molecule is CC(C)CNCc1cc(Br)cnc1N(CC(C)C)C(C)C. The molecule has 0 saturated heterocycles. The van der Waals surface area contributed by atoms with Gasteiger partial charge in [-0.2, -0.15) is 0 Å². The van der Waals surface area contributed by atoms with Crippen LogP contribution in [0.1, 0.15) is 47.1 Å². The summed E-state index contributed by atoms with van der Waals surface area (Å²) in [7, 11) is 0. The molecule has 0 atom stereocenters. The van der Waals surface area contributed by atoms with Crippen LogP contribution in [-0.2, 0) is 6.54 Å². The standard InChI is InChI=1S/C17H30BrN3/c1-12(2)8-19-9-15-7-16(18)10-20-17(15)21(14(5)6)11-13(3)4/h7,10,12-14,19H,8-9,11H2,1-6H3. The predicted molar refractivity (Wildman–Crippen MR) is 95.8 cm³/mol. The lowest BCUT2D eigenvalue weighted by Gasteiger charge is -2.31. The minimum absolute atomic E-state index is 0.449. The van der Waals surface area contributed by atoms with Crippen molar-refractivity contribution in [1.29, 1.82) is 0 Å². The van der Waals surface area contributed by atoms with E-state index in [-0.39, 0.29) is 0 Å². The van der Waals surface area contributed by atoms with E-state index in [4.69, 9.17) is 0 Å². The molecule has 0 radical (unpaired) electrons. The van der Waals surface area contributed by atoms with E-state index < -0.39 is 0 Å². The Bertz CT molecular complexity index is 430. The van der Waals surface area contributed by atoms with Crippen LogP contribution in [0.2, 0.25) is 0 Å². The molecule has 0 aliphatic heterocycles. The third kappa shape index (κ3) is 6.35. The Kier molecular flexibility index (Phi) is 7.67. The number of halogens is 1. The van der Waals surface area contributed by atoms with Crippen molar-refractivity contribution >= 4 is 21.7 Å². The quantitative estimate of drug-likeness (QED) is 0.745. The van der Waals surface area contributed by atoms with Crippen molar-refractivity contribution in [1.82, 2.24) is 10.3 Å². The Morgan fingerprint density at radius 1 is 1.14 bits per heavy atom. The lowest BCUT2D eigenvalue weighted by atomic mass is 10.1. The van der Waals surface area contributed by atoms with Crippen LogP contribution in [0.4, 0.5) is 5.82 Å². The smallest absolute Gasteiger partial charge is 0.133 e. The molecule has 1 aromatic heterocycles. The van der Waals surface area contributed by atoms with Gasteiger partial charge in [-0.25, -0.2) is 4.98 Å². The molecule has 1 N–H and O–H groups in total. The molecule has 3 nitrogen and oxygen atoms in total.